The number of para-hydroxylation sites is 4. The van der Waals surface area contributed by atoms with Crippen molar-refractivity contribution in [2.75, 3.05) is 0 Å². The molecule has 0 amide bonds. The minimum atomic E-state index is 0.529. The maximum Gasteiger partial charge on any atom is 0.238 e. The van der Waals surface area contributed by atoms with Crippen LogP contribution in [-0.4, -0.2) is 24.1 Å². The van der Waals surface area contributed by atoms with Crippen molar-refractivity contribution in [3.63, 3.8) is 0 Å². The summed E-state index contributed by atoms with van der Waals surface area (Å²) in [5, 5.41) is 9.74. The first-order valence-corrected chi connectivity index (χ1v) is 21.0. The predicted molar refractivity (Wildman–Crippen MR) is 257 cm³/mol. The molecule has 0 saturated carbocycles. The van der Waals surface area contributed by atoms with Gasteiger partial charge in [0.2, 0.25) is 5.95 Å². The summed E-state index contributed by atoms with van der Waals surface area (Å²) in [4.78, 5) is 15.6. The summed E-state index contributed by atoms with van der Waals surface area (Å²) in [6, 6.07) is 79.5. The molecule has 290 valence electrons. The van der Waals surface area contributed by atoms with Gasteiger partial charge in [0.25, 0.3) is 0 Å². The van der Waals surface area contributed by atoms with E-state index in [2.05, 4.69) is 197 Å². The van der Waals surface area contributed by atoms with Crippen LogP contribution in [0.1, 0.15) is 0 Å². The third-order valence-electron chi connectivity index (χ3n) is 12.0. The molecule has 0 aliphatic heterocycles. The van der Waals surface area contributed by atoms with Crippen molar-refractivity contribution in [1.82, 2.24) is 24.1 Å². The molecule has 0 radical (unpaired) electrons. The van der Waals surface area contributed by atoms with E-state index in [1.54, 1.807) is 0 Å². The Morgan fingerprint density at radius 3 is 1.21 bits per heavy atom. The van der Waals surface area contributed by atoms with Crippen LogP contribution in [0.25, 0.3) is 111 Å². The number of aromatic nitrogens is 5. The van der Waals surface area contributed by atoms with Crippen LogP contribution in [0.15, 0.2) is 224 Å². The first-order valence-electron chi connectivity index (χ1n) is 21.0. The lowest BCUT2D eigenvalue weighted by molar-refractivity contribution is 0.948. The van der Waals surface area contributed by atoms with Crippen molar-refractivity contribution < 1.29 is 0 Å². The molecular formula is C57H37N5. The van der Waals surface area contributed by atoms with Gasteiger partial charge in [0.1, 0.15) is 0 Å². The summed E-state index contributed by atoms with van der Waals surface area (Å²) in [5.74, 6) is 1.74. The molecule has 2 heterocycles. The Morgan fingerprint density at radius 2 is 0.645 bits per heavy atom. The minimum absolute atomic E-state index is 0.529. The number of hydrogen-bond acceptors (Lipinski definition) is 3. The minimum Gasteiger partial charge on any atom is -0.308 e. The predicted octanol–water partition coefficient (Wildman–Crippen LogP) is 14.5. The smallest absolute Gasteiger partial charge is 0.238 e. The fourth-order valence-electron chi connectivity index (χ4n) is 9.20. The zero-order chi connectivity index (χ0) is 41.0. The van der Waals surface area contributed by atoms with E-state index in [1.807, 2.05) is 36.4 Å². The van der Waals surface area contributed by atoms with Gasteiger partial charge in [0.05, 0.1) is 22.1 Å². The number of rotatable bonds is 5. The van der Waals surface area contributed by atoms with E-state index in [-0.39, 0.29) is 0 Å². The molecule has 12 aromatic rings. The van der Waals surface area contributed by atoms with E-state index in [9.17, 15) is 0 Å². The number of nitrogens with zero attached hydrogens (tertiary/aromatic N) is 5. The lowest BCUT2D eigenvalue weighted by Gasteiger charge is -2.20. The Kier molecular flexibility index (Phi) is 8.42. The molecule has 62 heavy (non-hydrogen) atoms. The standard InChI is InChI=1S/C57H37N5/c1-3-18-38(19-4-1)55-58-56(39-20-5-2-6-21-39)60-57(59-55)62-52-31-14-12-29-49(52)48-28-11-13-30-51(48)61(53-32-15-16-33-54(53)62)42-23-17-22-40(36-42)41-34-35-47-45-26-8-7-24-43(45)44-25-9-10-27-46(44)50(47)37-41/h1-37H. The van der Waals surface area contributed by atoms with Crippen LogP contribution in [0.4, 0.5) is 0 Å². The van der Waals surface area contributed by atoms with E-state index >= 15 is 0 Å². The van der Waals surface area contributed by atoms with Gasteiger partial charge in [0, 0.05) is 27.6 Å². The van der Waals surface area contributed by atoms with Crippen LogP contribution in [0, 0.1) is 0 Å². The second-order valence-corrected chi connectivity index (χ2v) is 15.6. The molecule has 0 spiro atoms. The van der Waals surface area contributed by atoms with Gasteiger partial charge in [-0.15, -0.1) is 0 Å². The average Bonchev–Trinajstić information content (AvgIpc) is 3.35. The lowest BCUT2D eigenvalue weighted by Crippen LogP contribution is -2.10. The molecule has 5 heteroatoms. The number of benzene rings is 10. The summed E-state index contributed by atoms with van der Waals surface area (Å²) in [7, 11) is 0. The van der Waals surface area contributed by atoms with Gasteiger partial charge >= 0.3 is 0 Å². The topological polar surface area (TPSA) is 48.5 Å². The summed E-state index contributed by atoms with van der Waals surface area (Å²) in [5.41, 5.74) is 9.14. The largest absolute Gasteiger partial charge is 0.308 e. The molecule has 0 saturated heterocycles. The van der Waals surface area contributed by atoms with Crippen LogP contribution in [0.5, 0.6) is 0 Å². The molecule has 0 atom stereocenters. The molecule has 0 N–H and O–H groups in total. The van der Waals surface area contributed by atoms with E-state index in [4.69, 9.17) is 15.0 Å². The molecular weight excluding hydrogens is 755 g/mol. The fourth-order valence-corrected chi connectivity index (χ4v) is 9.20. The van der Waals surface area contributed by atoms with Crippen molar-refractivity contribution in [2.24, 2.45) is 0 Å². The van der Waals surface area contributed by atoms with Gasteiger partial charge in [-0.1, -0.05) is 182 Å². The highest BCUT2D eigenvalue weighted by Gasteiger charge is 2.18. The van der Waals surface area contributed by atoms with E-state index in [1.165, 1.54) is 32.3 Å². The van der Waals surface area contributed by atoms with E-state index in [0.717, 1.165) is 60.8 Å². The Morgan fingerprint density at radius 1 is 0.242 bits per heavy atom. The van der Waals surface area contributed by atoms with Gasteiger partial charge in [0.15, 0.2) is 11.6 Å². The van der Waals surface area contributed by atoms with Gasteiger partial charge < -0.3 is 4.57 Å². The highest BCUT2D eigenvalue weighted by molar-refractivity contribution is 6.25. The van der Waals surface area contributed by atoms with Gasteiger partial charge in [-0.05, 0) is 85.9 Å². The monoisotopic (exact) mass is 791 g/mol. The van der Waals surface area contributed by atoms with Crippen LogP contribution >= 0.6 is 0 Å². The molecule has 0 unspecified atom stereocenters. The highest BCUT2D eigenvalue weighted by Crippen LogP contribution is 2.38. The van der Waals surface area contributed by atoms with Gasteiger partial charge in [-0.25, -0.2) is 4.98 Å². The van der Waals surface area contributed by atoms with Crippen LogP contribution in [0.3, 0.4) is 0 Å². The summed E-state index contributed by atoms with van der Waals surface area (Å²) < 4.78 is 4.59. The zero-order valence-electron chi connectivity index (χ0n) is 33.6. The molecule has 0 aliphatic carbocycles. The fraction of sp³-hybridized carbons (Fsp3) is 0. The first-order chi connectivity index (χ1) is 30.8. The Bertz CT molecular complexity index is 3660. The third-order valence-corrected chi connectivity index (χ3v) is 12.0. The first kappa shape index (κ1) is 35.5. The average molecular weight is 792 g/mol. The SMILES string of the molecule is c1ccc(-c2nc(-c3ccccc3)nc(-n3c4ccccc4c4ccccc4n(-c4cccc(-c5ccc6c7ccccc7c7ccccc7c6c5)c4)c4ccccc43)n2)cc1. The van der Waals surface area contributed by atoms with Crippen molar-refractivity contribution in [2.45, 2.75) is 0 Å². The van der Waals surface area contributed by atoms with E-state index in [0.29, 0.717) is 17.6 Å². The molecule has 0 fully saturated rings. The zero-order valence-corrected chi connectivity index (χ0v) is 33.6. The number of fused-ring (bicyclic) bond motifs is 10. The summed E-state index contributed by atoms with van der Waals surface area (Å²) in [6.07, 6.45) is 0. The second-order valence-electron chi connectivity index (χ2n) is 15.6. The Hall–Kier alpha value is -8.41. The highest BCUT2D eigenvalue weighted by atomic mass is 15.2. The number of hydrogen-bond donors (Lipinski definition) is 0. The van der Waals surface area contributed by atoms with E-state index < -0.39 is 0 Å². The Labute approximate surface area is 357 Å². The lowest BCUT2D eigenvalue weighted by atomic mass is 9.92. The molecule has 10 aromatic carbocycles. The van der Waals surface area contributed by atoms with Gasteiger partial charge in [-0.3, -0.25) is 4.57 Å². The van der Waals surface area contributed by atoms with Gasteiger partial charge in [-0.2, -0.15) is 9.97 Å². The Balaban J connectivity index is 1.16. The van der Waals surface area contributed by atoms with Crippen LogP contribution in [0.2, 0.25) is 0 Å². The van der Waals surface area contributed by atoms with Crippen LogP contribution < -0.4 is 0 Å². The second kappa shape index (κ2) is 14.7. The molecule has 0 bridgehead atoms. The maximum atomic E-state index is 5.28. The molecule has 0 aliphatic rings. The summed E-state index contributed by atoms with van der Waals surface area (Å²) in [6.45, 7) is 0. The van der Waals surface area contributed by atoms with Crippen LogP contribution in [-0.2, 0) is 0 Å². The molecule has 5 nitrogen and oxygen atoms in total. The third kappa shape index (κ3) is 5.90. The summed E-state index contributed by atoms with van der Waals surface area (Å²) >= 11 is 0. The van der Waals surface area contributed by atoms with Crippen molar-refractivity contribution in [1.29, 1.82) is 0 Å². The molecule has 12 rings (SSSR count). The van der Waals surface area contributed by atoms with Crippen molar-refractivity contribution >= 4 is 65.2 Å². The molecule has 2 aromatic heterocycles. The maximum absolute atomic E-state index is 5.28. The van der Waals surface area contributed by atoms with Crippen molar-refractivity contribution in [3.05, 3.63) is 224 Å². The quantitative estimate of drug-likeness (QED) is 0.163. The van der Waals surface area contributed by atoms with Crippen molar-refractivity contribution in [3.8, 4) is 45.5 Å². The normalized spacial score (nSPS) is 11.5.